The molecule has 4 nitrogen and oxygen atoms in total. The van der Waals surface area contributed by atoms with Gasteiger partial charge in [0.1, 0.15) is 11.9 Å². The van der Waals surface area contributed by atoms with Gasteiger partial charge in [0.2, 0.25) is 0 Å². The quantitative estimate of drug-likeness (QED) is 0.921. The first-order valence-corrected chi connectivity index (χ1v) is 6.47. The van der Waals surface area contributed by atoms with Crippen LogP contribution in [0.4, 0.5) is 4.39 Å². The summed E-state index contributed by atoms with van der Waals surface area (Å²) in [6, 6.07) is 3.03. The zero-order chi connectivity index (χ0) is 14.0. The maximum atomic E-state index is 13.1. The molecule has 0 bridgehead atoms. The molecule has 0 saturated carbocycles. The van der Waals surface area contributed by atoms with E-state index in [1.165, 1.54) is 12.1 Å². The van der Waals surface area contributed by atoms with E-state index in [9.17, 15) is 14.3 Å². The van der Waals surface area contributed by atoms with Gasteiger partial charge in [0.15, 0.2) is 0 Å². The lowest BCUT2D eigenvalue weighted by atomic mass is 10.0. The van der Waals surface area contributed by atoms with Crippen LogP contribution < -0.4 is 0 Å². The first-order chi connectivity index (χ1) is 8.99. The van der Waals surface area contributed by atoms with Crippen LogP contribution in [0.2, 0.25) is 5.02 Å². The highest BCUT2D eigenvalue weighted by Gasteiger charge is 2.31. The number of nitrogens with zero attached hydrogens (tertiary/aromatic N) is 2. The first-order valence-electron chi connectivity index (χ1n) is 6.09. The molecule has 0 radical (unpaired) electrons. The van der Waals surface area contributed by atoms with E-state index in [4.69, 9.17) is 11.6 Å². The largest absolute Gasteiger partial charge is 0.480 e. The third-order valence-electron chi connectivity index (χ3n) is 3.39. The van der Waals surface area contributed by atoms with Crippen molar-refractivity contribution in [2.45, 2.75) is 6.04 Å². The van der Waals surface area contributed by atoms with Gasteiger partial charge in [-0.1, -0.05) is 17.7 Å². The van der Waals surface area contributed by atoms with Crippen LogP contribution in [0.5, 0.6) is 0 Å². The summed E-state index contributed by atoms with van der Waals surface area (Å²) in [6.07, 6.45) is 0. The van der Waals surface area contributed by atoms with Crippen molar-refractivity contribution in [2.75, 3.05) is 33.2 Å². The maximum absolute atomic E-state index is 13.1. The van der Waals surface area contributed by atoms with E-state index in [0.29, 0.717) is 18.7 Å². The van der Waals surface area contributed by atoms with E-state index >= 15 is 0 Å². The fraction of sp³-hybridized carbons (Fsp3) is 0.462. The SMILES string of the molecule is CN1CCN(C(C(=O)O)c2ccc(F)cc2Cl)CC1. The molecule has 0 amide bonds. The van der Waals surface area contributed by atoms with Crippen molar-refractivity contribution < 1.29 is 14.3 Å². The average molecular weight is 287 g/mol. The normalized spacial score (nSPS) is 19.3. The number of piperazine rings is 1. The van der Waals surface area contributed by atoms with Crippen LogP contribution in [0.3, 0.4) is 0 Å². The van der Waals surface area contributed by atoms with Crippen molar-refractivity contribution in [2.24, 2.45) is 0 Å². The van der Waals surface area contributed by atoms with Gasteiger partial charge in [-0.05, 0) is 24.7 Å². The third-order valence-corrected chi connectivity index (χ3v) is 3.72. The van der Waals surface area contributed by atoms with Gasteiger partial charge in [0.05, 0.1) is 0 Å². The second-order valence-corrected chi connectivity index (χ2v) is 5.15. The van der Waals surface area contributed by atoms with Gasteiger partial charge in [-0.3, -0.25) is 9.69 Å². The Morgan fingerprint density at radius 3 is 2.53 bits per heavy atom. The predicted molar refractivity (Wildman–Crippen MR) is 70.9 cm³/mol. The number of carboxylic acids is 1. The van der Waals surface area contributed by atoms with Gasteiger partial charge in [0, 0.05) is 31.2 Å². The van der Waals surface area contributed by atoms with Crippen LogP contribution in [-0.2, 0) is 4.79 Å². The van der Waals surface area contributed by atoms with Gasteiger partial charge in [-0.15, -0.1) is 0 Å². The summed E-state index contributed by atoms with van der Waals surface area (Å²) < 4.78 is 13.1. The average Bonchev–Trinajstić information content (AvgIpc) is 2.34. The summed E-state index contributed by atoms with van der Waals surface area (Å²) in [5.41, 5.74) is 0.445. The summed E-state index contributed by atoms with van der Waals surface area (Å²) in [5, 5.41) is 9.59. The lowest BCUT2D eigenvalue weighted by Gasteiger charge is -2.36. The summed E-state index contributed by atoms with van der Waals surface area (Å²) in [4.78, 5) is 15.5. The van der Waals surface area contributed by atoms with E-state index in [2.05, 4.69) is 4.90 Å². The summed E-state index contributed by atoms with van der Waals surface area (Å²) >= 11 is 5.98. The minimum Gasteiger partial charge on any atom is -0.480 e. The minimum absolute atomic E-state index is 0.159. The molecular weight excluding hydrogens is 271 g/mol. The molecule has 1 aromatic carbocycles. The van der Waals surface area contributed by atoms with Crippen LogP contribution in [-0.4, -0.2) is 54.1 Å². The van der Waals surface area contributed by atoms with Crippen LogP contribution >= 0.6 is 11.6 Å². The van der Waals surface area contributed by atoms with Gasteiger partial charge >= 0.3 is 5.97 Å². The number of aliphatic carboxylic acids is 1. The van der Waals surface area contributed by atoms with Crippen LogP contribution in [0.1, 0.15) is 11.6 Å². The summed E-state index contributed by atoms with van der Waals surface area (Å²) in [6.45, 7) is 2.92. The molecule has 1 N–H and O–H groups in total. The molecule has 19 heavy (non-hydrogen) atoms. The monoisotopic (exact) mass is 286 g/mol. The molecule has 6 heteroatoms. The van der Waals surface area contributed by atoms with Gasteiger partial charge in [-0.2, -0.15) is 0 Å². The summed E-state index contributed by atoms with van der Waals surface area (Å²) in [7, 11) is 2.00. The Balaban J connectivity index is 2.27. The van der Waals surface area contributed by atoms with Crippen molar-refractivity contribution in [1.82, 2.24) is 9.80 Å². The number of hydrogen-bond acceptors (Lipinski definition) is 3. The highest BCUT2D eigenvalue weighted by atomic mass is 35.5. The second kappa shape index (κ2) is 5.86. The van der Waals surface area contributed by atoms with E-state index in [0.717, 1.165) is 19.2 Å². The number of halogens is 2. The van der Waals surface area contributed by atoms with Gasteiger partial charge in [-0.25, -0.2) is 4.39 Å². The lowest BCUT2D eigenvalue weighted by molar-refractivity contribution is -0.144. The number of hydrogen-bond donors (Lipinski definition) is 1. The zero-order valence-electron chi connectivity index (χ0n) is 10.6. The van der Waals surface area contributed by atoms with Crippen LogP contribution in [0, 0.1) is 5.82 Å². The number of carboxylic acid groups (broad SMARTS) is 1. The minimum atomic E-state index is -0.960. The molecule has 1 fully saturated rings. The summed E-state index contributed by atoms with van der Waals surface area (Å²) in [5.74, 6) is -1.42. The molecule has 1 saturated heterocycles. The topological polar surface area (TPSA) is 43.8 Å². The van der Waals surface area contributed by atoms with Gasteiger partial charge in [0.25, 0.3) is 0 Å². The number of benzene rings is 1. The Hall–Kier alpha value is -1.17. The Morgan fingerprint density at radius 2 is 2.00 bits per heavy atom. The third kappa shape index (κ3) is 3.23. The molecule has 1 aliphatic heterocycles. The molecule has 0 spiro atoms. The fourth-order valence-corrected chi connectivity index (χ4v) is 2.56. The molecule has 0 aromatic heterocycles. The van der Waals surface area contributed by atoms with E-state index in [-0.39, 0.29) is 5.02 Å². The van der Waals surface area contributed by atoms with Crippen molar-refractivity contribution in [1.29, 1.82) is 0 Å². The highest BCUT2D eigenvalue weighted by Crippen LogP contribution is 2.29. The fourth-order valence-electron chi connectivity index (χ4n) is 2.29. The molecule has 1 unspecified atom stereocenters. The molecule has 1 atom stereocenters. The molecule has 2 rings (SSSR count). The Kier molecular flexibility index (Phi) is 4.39. The maximum Gasteiger partial charge on any atom is 0.325 e. The molecule has 0 aliphatic carbocycles. The zero-order valence-corrected chi connectivity index (χ0v) is 11.4. The van der Waals surface area contributed by atoms with E-state index in [1.807, 2.05) is 11.9 Å². The van der Waals surface area contributed by atoms with Gasteiger partial charge < -0.3 is 10.0 Å². The van der Waals surface area contributed by atoms with Crippen LogP contribution in [0.15, 0.2) is 18.2 Å². The van der Waals surface area contributed by atoms with Crippen molar-refractivity contribution in [3.05, 3.63) is 34.6 Å². The molecular formula is C13H16ClFN2O2. The molecule has 1 aromatic rings. The van der Waals surface area contributed by atoms with Crippen molar-refractivity contribution in [3.63, 3.8) is 0 Å². The molecule has 1 aliphatic rings. The Labute approximate surface area is 116 Å². The van der Waals surface area contributed by atoms with Crippen LogP contribution in [0.25, 0.3) is 0 Å². The number of likely N-dealkylation sites (N-methyl/N-ethyl adjacent to an activating group) is 1. The van der Waals surface area contributed by atoms with Crippen molar-refractivity contribution in [3.8, 4) is 0 Å². The smallest absolute Gasteiger partial charge is 0.325 e. The molecule has 1 heterocycles. The second-order valence-electron chi connectivity index (χ2n) is 4.75. The first kappa shape index (κ1) is 14.2. The Morgan fingerprint density at radius 1 is 1.37 bits per heavy atom. The lowest BCUT2D eigenvalue weighted by Crippen LogP contribution is -2.47. The predicted octanol–water partition coefficient (Wildman–Crippen LogP) is 1.85. The van der Waals surface area contributed by atoms with E-state index in [1.54, 1.807) is 0 Å². The van der Waals surface area contributed by atoms with E-state index < -0.39 is 17.8 Å². The number of carbonyl (C=O) groups is 1. The Bertz CT molecular complexity index is 476. The molecule has 104 valence electrons. The number of rotatable bonds is 3. The standard InChI is InChI=1S/C13H16ClFN2O2/c1-16-4-6-17(7-5-16)12(13(18)19)10-3-2-9(15)8-11(10)14/h2-3,8,12H,4-7H2,1H3,(H,18,19). The highest BCUT2D eigenvalue weighted by molar-refractivity contribution is 6.31. The van der Waals surface area contributed by atoms with Crippen molar-refractivity contribution >= 4 is 17.6 Å².